The summed E-state index contributed by atoms with van der Waals surface area (Å²) in [6.45, 7) is 0.899. The maximum atomic E-state index is 12.5. The molecule has 4 rings (SSSR count). The van der Waals surface area contributed by atoms with Crippen LogP contribution in [0.2, 0.25) is 0 Å². The van der Waals surface area contributed by atoms with E-state index in [1.54, 1.807) is 12.4 Å². The normalized spacial score (nSPS) is 24.5. The molecule has 2 fully saturated rings. The van der Waals surface area contributed by atoms with Gasteiger partial charge in [0.25, 0.3) is 0 Å². The quantitative estimate of drug-likeness (QED) is 0.852. The van der Waals surface area contributed by atoms with Crippen molar-refractivity contribution in [3.05, 3.63) is 48.8 Å². The number of anilines is 2. The Morgan fingerprint density at radius 2 is 1.73 bits per heavy atom. The van der Waals surface area contributed by atoms with E-state index in [0.717, 1.165) is 31.0 Å². The number of amides is 1. The van der Waals surface area contributed by atoms with E-state index in [1.807, 2.05) is 41.3 Å². The van der Waals surface area contributed by atoms with Gasteiger partial charge in [0.2, 0.25) is 11.9 Å². The Balaban J connectivity index is 1.65. The molecule has 0 radical (unpaired) electrons. The van der Waals surface area contributed by atoms with Gasteiger partial charge in [-0.2, -0.15) is 0 Å². The summed E-state index contributed by atoms with van der Waals surface area (Å²) in [5.74, 6) is 1.00. The van der Waals surface area contributed by atoms with E-state index in [4.69, 9.17) is 0 Å². The summed E-state index contributed by atoms with van der Waals surface area (Å²) < 4.78 is 0. The zero-order valence-corrected chi connectivity index (χ0v) is 12.3. The average molecular weight is 294 g/mol. The van der Waals surface area contributed by atoms with Gasteiger partial charge in [0.1, 0.15) is 0 Å². The van der Waals surface area contributed by atoms with Crippen molar-refractivity contribution < 1.29 is 4.79 Å². The predicted octanol–water partition coefficient (Wildman–Crippen LogP) is 2.25. The fourth-order valence-electron chi connectivity index (χ4n) is 3.68. The summed E-state index contributed by atoms with van der Waals surface area (Å²) in [6.07, 6.45) is 5.98. The summed E-state index contributed by atoms with van der Waals surface area (Å²) >= 11 is 0. The number of hydrogen-bond donors (Lipinski definition) is 0. The number of hydrogen-bond acceptors (Lipinski definition) is 4. The molecule has 1 aromatic heterocycles. The van der Waals surface area contributed by atoms with Gasteiger partial charge in [-0.3, -0.25) is 4.79 Å². The number of nitrogens with zero attached hydrogens (tertiary/aromatic N) is 4. The van der Waals surface area contributed by atoms with Crippen molar-refractivity contribution in [3.63, 3.8) is 0 Å². The third-order valence-corrected chi connectivity index (χ3v) is 4.61. The maximum absolute atomic E-state index is 12.5. The van der Waals surface area contributed by atoms with Gasteiger partial charge in [-0.1, -0.05) is 18.2 Å². The van der Waals surface area contributed by atoms with Crippen LogP contribution in [0, 0.1) is 0 Å². The van der Waals surface area contributed by atoms with Crippen LogP contribution in [-0.4, -0.2) is 34.5 Å². The van der Waals surface area contributed by atoms with Crippen molar-refractivity contribution in [2.75, 3.05) is 16.3 Å². The van der Waals surface area contributed by atoms with Crippen LogP contribution in [-0.2, 0) is 4.79 Å². The van der Waals surface area contributed by atoms with Crippen molar-refractivity contribution in [3.8, 4) is 0 Å². The molecule has 2 atom stereocenters. The minimum absolute atomic E-state index is 0.215. The van der Waals surface area contributed by atoms with E-state index >= 15 is 0 Å². The van der Waals surface area contributed by atoms with Crippen molar-refractivity contribution in [2.24, 2.45) is 0 Å². The van der Waals surface area contributed by atoms with Gasteiger partial charge >= 0.3 is 0 Å². The van der Waals surface area contributed by atoms with Gasteiger partial charge in [-0.25, -0.2) is 9.97 Å². The molecular weight excluding hydrogens is 276 g/mol. The van der Waals surface area contributed by atoms with Crippen molar-refractivity contribution in [1.29, 1.82) is 0 Å². The SMILES string of the molecule is O=C1CC[C@H]2[C@H](CCN2c2ncccn2)N1c1ccccc1. The zero-order valence-electron chi connectivity index (χ0n) is 12.3. The molecule has 2 aromatic rings. The van der Waals surface area contributed by atoms with Gasteiger partial charge in [0.15, 0.2) is 0 Å². The lowest BCUT2D eigenvalue weighted by Crippen LogP contribution is -2.52. The Morgan fingerprint density at radius 3 is 2.50 bits per heavy atom. The standard InChI is InChI=1S/C17H18N4O/c22-16-8-7-14-15(21(16)13-5-2-1-3-6-13)9-12-20(14)17-18-10-4-11-19-17/h1-6,10-11,14-15H,7-9,12H2/t14-,15-/m0/s1. The van der Waals surface area contributed by atoms with Crippen molar-refractivity contribution in [1.82, 2.24) is 9.97 Å². The van der Waals surface area contributed by atoms with Crippen LogP contribution < -0.4 is 9.80 Å². The molecule has 1 aromatic carbocycles. The molecular formula is C17H18N4O. The zero-order chi connectivity index (χ0) is 14.9. The molecule has 2 aliphatic rings. The van der Waals surface area contributed by atoms with E-state index < -0.39 is 0 Å². The number of piperidine rings is 1. The molecule has 0 N–H and O–H groups in total. The van der Waals surface area contributed by atoms with E-state index in [2.05, 4.69) is 14.9 Å². The number of fused-ring (bicyclic) bond motifs is 1. The first-order valence-electron chi connectivity index (χ1n) is 7.75. The Morgan fingerprint density at radius 1 is 0.955 bits per heavy atom. The highest BCUT2D eigenvalue weighted by Crippen LogP contribution is 2.35. The lowest BCUT2D eigenvalue weighted by atomic mass is 9.95. The Bertz CT molecular complexity index is 661. The van der Waals surface area contributed by atoms with Crippen LogP contribution in [0.4, 0.5) is 11.6 Å². The van der Waals surface area contributed by atoms with Crippen LogP contribution in [0.3, 0.4) is 0 Å². The lowest BCUT2D eigenvalue weighted by molar-refractivity contribution is -0.120. The monoisotopic (exact) mass is 294 g/mol. The summed E-state index contributed by atoms with van der Waals surface area (Å²) in [5, 5.41) is 0. The van der Waals surface area contributed by atoms with Gasteiger partial charge in [0, 0.05) is 31.0 Å². The van der Waals surface area contributed by atoms with Crippen molar-refractivity contribution in [2.45, 2.75) is 31.3 Å². The molecule has 5 heteroatoms. The maximum Gasteiger partial charge on any atom is 0.227 e. The smallest absolute Gasteiger partial charge is 0.227 e. The molecule has 112 valence electrons. The first-order chi connectivity index (χ1) is 10.8. The first-order valence-corrected chi connectivity index (χ1v) is 7.75. The molecule has 0 bridgehead atoms. The number of carbonyl (C=O) groups is 1. The average Bonchev–Trinajstić information content (AvgIpc) is 3.00. The molecule has 3 heterocycles. The fraction of sp³-hybridized carbons (Fsp3) is 0.353. The Kier molecular flexibility index (Phi) is 3.25. The number of carbonyl (C=O) groups excluding carboxylic acids is 1. The highest BCUT2D eigenvalue weighted by Gasteiger charge is 2.44. The third-order valence-electron chi connectivity index (χ3n) is 4.61. The molecule has 0 aliphatic carbocycles. The molecule has 0 unspecified atom stereocenters. The molecule has 0 saturated carbocycles. The molecule has 0 spiro atoms. The second-order valence-electron chi connectivity index (χ2n) is 5.80. The summed E-state index contributed by atoms with van der Waals surface area (Å²) in [4.78, 5) is 25.5. The molecule has 2 aliphatic heterocycles. The van der Waals surface area contributed by atoms with Crippen molar-refractivity contribution >= 4 is 17.5 Å². The Labute approximate surface area is 129 Å². The van der Waals surface area contributed by atoms with Crippen LogP contribution in [0.5, 0.6) is 0 Å². The van der Waals surface area contributed by atoms with Crippen LogP contribution in [0.25, 0.3) is 0 Å². The summed E-state index contributed by atoms with van der Waals surface area (Å²) in [6, 6.07) is 12.3. The van der Waals surface area contributed by atoms with Crippen LogP contribution in [0.15, 0.2) is 48.8 Å². The topological polar surface area (TPSA) is 49.3 Å². The first kappa shape index (κ1) is 13.2. The van der Waals surface area contributed by atoms with Gasteiger partial charge in [-0.15, -0.1) is 0 Å². The lowest BCUT2D eigenvalue weighted by Gasteiger charge is -2.39. The predicted molar refractivity (Wildman–Crippen MR) is 84.7 cm³/mol. The van der Waals surface area contributed by atoms with Gasteiger partial charge < -0.3 is 9.80 Å². The molecule has 22 heavy (non-hydrogen) atoms. The van der Waals surface area contributed by atoms with Gasteiger partial charge in [-0.05, 0) is 31.0 Å². The fourth-order valence-corrected chi connectivity index (χ4v) is 3.68. The minimum atomic E-state index is 0.215. The minimum Gasteiger partial charge on any atom is -0.336 e. The molecule has 5 nitrogen and oxygen atoms in total. The number of rotatable bonds is 2. The Hall–Kier alpha value is -2.43. The second kappa shape index (κ2) is 5.40. The number of benzene rings is 1. The highest BCUT2D eigenvalue weighted by molar-refractivity contribution is 5.95. The van der Waals surface area contributed by atoms with Crippen LogP contribution in [0.1, 0.15) is 19.3 Å². The van der Waals surface area contributed by atoms with E-state index in [0.29, 0.717) is 12.5 Å². The summed E-state index contributed by atoms with van der Waals surface area (Å²) in [5.41, 5.74) is 0.998. The second-order valence-corrected chi connectivity index (χ2v) is 5.80. The number of para-hydroxylation sites is 1. The largest absolute Gasteiger partial charge is 0.336 e. The number of aromatic nitrogens is 2. The van der Waals surface area contributed by atoms with Gasteiger partial charge in [0.05, 0.1) is 12.1 Å². The molecule has 1 amide bonds. The third kappa shape index (κ3) is 2.13. The van der Waals surface area contributed by atoms with E-state index in [1.165, 1.54) is 0 Å². The highest BCUT2D eigenvalue weighted by atomic mass is 16.2. The molecule has 2 saturated heterocycles. The van der Waals surface area contributed by atoms with E-state index in [9.17, 15) is 4.79 Å². The van der Waals surface area contributed by atoms with Crippen LogP contribution >= 0.6 is 0 Å². The summed E-state index contributed by atoms with van der Waals surface area (Å²) in [7, 11) is 0. The van der Waals surface area contributed by atoms with E-state index in [-0.39, 0.29) is 11.9 Å².